The third-order valence-electron chi connectivity index (χ3n) is 3.90. The minimum atomic E-state index is -0.449. The maximum atomic E-state index is 10.6. The Labute approximate surface area is 161 Å². The minimum Gasteiger partial charge on any atom is -0.489 e. The lowest BCUT2D eigenvalue weighted by Gasteiger charge is -2.07. The number of hydrogen-bond donors (Lipinski definition) is 1. The van der Waals surface area contributed by atoms with Gasteiger partial charge < -0.3 is 4.74 Å². The van der Waals surface area contributed by atoms with Crippen LogP contribution in [0.15, 0.2) is 77.9 Å². The monoisotopic (exact) mass is 372 g/mol. The molecule has 0 fully saturated rings. The summed E-state index contributed by atoms with van der Waals surface area (Å²) in [7, 11) is 0. The molecule has 0 aliphatic rings. The fourth-order valence-corrected chi connectivity index (χ4v) is 2.41. The van der Waals surface area contributed by atoms with Gasteiger partial charge in [-0.05, 0) is 48.0 Å². The Morgan fingerprint density at radius 2 is 1.79 bits per heavy atom. The van der Waals surface area contributed by atoms with Crippen LogP contribution in [0.4, 0.5) is 11.4 Å². The highest BCUT2D eigenvalue weighted by molar-refractivity contribution is 5.80. The van der Waals surface area contributed by atoms with Crippen molar-refractivity contribution < 1.29 is 9.66 Å². The number of nitrogens with one attached hydrogen (secondary N) is 1. The molecule has 1 N–H and O–H groups in total. The Balaban J connectivity index is 1.54. The number of nitrogens with zero attached hydrogens (tertiary/aromatic N) is 3. The first-order valence-corrected chi connectivity index (χ1v) is 8.40. The zero-order valence-corrected chi connectivity index (χ0v) is 14.8. The van der Waals surface area contributed by atoms with Crippen LogP contribution in [0.5, 0.6) is 5.75 Å². The lowest BCUT2D eigenvalue weighted by Crippen LogP contribution is -1.98. The summed E-state index contributed by atoms with van der Waals surface area (Å²) >= 11 is 0. The van der Waals surface area contributed by atoms with Crippen LogP contribution in [0.2, 0.25) is 0 Å². The summed E-state index contributed by atoms with van der Waals surface area (Å²) in [4.78, 5) is 10.2. The second-order valence-electron chi connectivity index (χ2n) is 5.80. The van der Waals surface area contributed by atoms with Crippen molar-refractivity contribution >= 4 is 17.6 Å². The molecule has 0 aliphatic heterocycles. The van der Waals surface area contributed by atoms with Gasteiger partial charge in [-0.15, -0.1) is 0 Å². The largest absolute Gasteiger partial charge is 0.489 e. The molecule has 0 aliphatic carbocycles. The molecule has 3 aromatic rings. The molecule has 0 saturated carbocycles. The molecule has 0 amide bonds. The van der Waals surface area contributed by atoms with Crippen LogP contribution in [0.25, 0.3) is 0 Å². The van der Waals surface area contributed by atoms with E-state index in [0.717, 1.165) is 11.1 Å². The lowest BCUT2D eigenvalue weighted by atomic mass is 10.1. The second kappa shape index (κ2) is 8.96. The van der Waals surface area contributed by atoms with Crippen molar-refractivity contribution in [3.63, 3.8) is 0 Å². The molecule has 0 bridgehead atoms. The first kappa shape index (κ1) is 18.6. The smallest absolute Gasteiger partial charge is 0.269 e. The fraction of sp³-hybridized carbons (Fsp3) is 0.0476. The number of nitriles is 1. The Bertz CT molecular complexity index is 1020. The van der Waals surface area contributed by atoms with Crippen LogP contribution in [0, 0.1) is 21.4 Å². The number of hydrazone groups is 1. The molecular weight excluding hydrogens is 356 g/mol. The van der Waals surface area contributed by atoms with Gasteiger partial charge in [0.05, 0.1) is 28.5 Å². The van der Waals surface area contributed by atoms with E-state index in [1.165, 1.54) is 12.1 Å². The molecule has 0 radical (unpaired) electrons. The molecule has 0 spiro atoms. The molecule has 0 unspecified atom stereocenters. The first-order valence-electron chi connectivity index (χ1n) is 8.40. The van der Waals surface area contributed by atoms with Crippen LogP contribution in [0.1, 0.15) is 16.7 Å². The summed E-state index contributed by atoms with van der Waals surface area (Å²) in [6, 6.07) is 22.8. The molecule has 0 saturated heterocycles. The summed E-state index contributed by atoms with van der Waals surface area (Å²) in [5.74, 6) is 0.688. The molecule has 3 rings (SSSR count). The average Bonchev–Trinajstić information content (AvgIpc) is 2.73. The molecule has 3 aromatic carbocycles. The van der Waals surface area contributed by atoms with E-state index in [0.29, 0.717) is 23.6 Å². The van der Waals surface area contributed by atoms with Crippen molar-refractivity contribution in [2.75, 3.05) is 5.43 Å². The molecule has 0 heterocycles. The molecule has 0 atom stereocenters. The van der Waals surface area contributed by atoms with Crippen LogP contribution >= 0.6 is 0 Å². The van der Waals surface area contributed by atoms with Gasteiger partial charge in [0.25, 0.3) is 5.69 Å². The predicted octanol–water partition coefficient (Wildman–Crippen LogP) is 4.49. The van der Waals surface area contributed by atoms with Crippen molar-refractivity contribution in [1.29, 1.82) is 5.26 Å². The summed E-state index contributed by atoms with van der Waals surface area (Å²) in [5.41, 5.74) is 5.80. The van der Waals surface area contributed by atoms with Gasteiger partial charge in [0.15, 0.2) is 0 Å². The normalized spacial score (nSPS) is 10.4. The number of hydrogen-bond acceptors (Lipinski definition) is 6. The highest BCUT2D eigenvalue weighted by Crippen LogP contribution is 2.17. The zero-order valence-electron chi connectivity index (χ0n) is 14.8. The Morgan fingerprint density at radius 3 is 2.46 bits per heavy atom. The van der Waals surface area contributed by atoms with E-state index in [-0.39, 0.29) is 5.69 Å². The SMILES string of the molecule is N#Cc1ccccc1COc1ccc(C=NNc2ccc([N+](=O)[O-])cc2)cc1. The molecule has 7 nitrogen and oxygen atoms in total. The Hall–Kier alpha value is -4.18. The number of nitro groups is 1. The first-order chi connectivity index (χ1) is 13.7. The van der Waals surface area contributed by atoms with E-state index in [1.54, 1.807) is 24.4 Å². The van der Waals surface area contributed by atoms with Crippen molar-refractivity contribution in [3.05, 3.63) is 99.6 Å². The fourth-order valence-electron chi connectivity index (χ4n) is 2.41. The van der Waals surface area contributed by atoms with Gasteiger partial charge in [0.2, 0.25) is 0 Å². The van der Waals surface area contributed by atoms with Gasteiger partial charge in [0, 0.05) is 17.7 Å². The Kier molecular flexibility index (Phi) is 5.95. The number of benzene rings is 3. The molecule has 28 heavy (non-hydrogen) atoms. The van der Waals surface area contributed by atoms with Crippen LogP contribution < -0.4 is 10.2 Å². The van der Waals surface area contributed by atoms with E-state index in [2.05, 4.69) is 16.6 Å². The van der Waals surface area contributed by atoms with Gasteiger partial charge in [-0.3, -0.25) is 15.5 Å². The zero-order chi connectivity index (χ0) is 19.8. The van der Waals surface area contributed by atoms with Gasteiger partial charge in [-0.25, -0.2) is 0 Å². The van der Waals surface area contributed by atoms with Crippen molar-refractivity contribution in [2.24, 2.45) is 5.10 Å². The van der Waals surface area contributed by atoms with Gasteiger partial charge >= 0.3 is 0 Å². The number of anilines is 1. The summed E-state index contributed by atoms with van der Waals surface area (Å²) in [6.07, 6.45) is 1.64. The van der Waals surface area contributed by atoms with Gasteiger partial charge in [-0.1, -0.05) is 18.2 Å². The third kappa shape index (κ3) is 4.93. The van der Waals surface area contributed by atoms with E-state index in [4.69, 9.17) is 10.00 Å². The Morgan fingerprint density at radius 1 is 1.07 bits per heavy atom. The van der Waals surface area contributed by atoms with Crippen molar-refractivity contribution in [3.8, 4) is 11.8 Å². The summed E-state index contributed by atoms with van der Waals surface area (Å²) in [6.45, 7) is 0.318. The molecular formula is C21H16N4O3. The van der Waals surface area contributed by atoms with E-state index >= 15 is 0 Å². The van der Waals surface area contributed by atoms with Gasteiger partial charge in [0.1, 0.15) is 12.4 Å². The van der Waals surface area contributed by atoms with E-state index in [1.807, 2.05) is 42.5 Å². The van der Waals surface area contributed by atoms with Crippen molar-refractivity contribution in [1.82, 2.24) is 0 Å². The van der Waals surface area contributed by atoms with Crippen LogP contribution in [-0.2, 0) is 6.61 Å². The maximum Gasteiger partial charge on any atom is 0.269 e. The maximum absolute atomic E-state index is 10.6. The molecule has 7 heteroatoms. The quantitative estimate of drug-likeness (QED) is 0.374. The van der Waals surface area contributed by atoms with E-state index in [9.17, 15) is 10.1 Å². The molecule has 138 valence electrons. The van der Waals surface area contributed by atoms with E-state index < -0.39 is 4.92 Å². The number of ether oxygens (including phenoxy) is 1. The molecule has 0 aromatic heterocycles. The second-order valence-corrected chi connectivity index (χ2v) is 5.80. The van der Waals surface area contributed by atoms with Crippen molar-refractivity contribution in [2.45, 2.75) is 6.61 Å². The van der Waals surface area contributed by atoms with Crippen LogP contribution in [0.3, 0.4) is 0 Å². The lowest BCUT2D eigenvalue weighted by molar-refractivity contribution is -0.384. The minimum absolute atomic E-state index is 0.0301. The standard InChI is InChI=1S/C21H16N4O3/c22-13-17-3-1-2-4-18(17)15-28-21-11-5-16(6-12-21)14-23-24-19-7-9-20(10-8-19)25(26)27/h1-12,14,24H,15H2. The van der Waals surface area contributed by atoms with Gasteiger partial charge in [-0.2, -0.15) is 10.4 Å². The number of non-ortho nitro benzene ring substituents is 1. The number of rotatable bonds is 7. The number of nitro benzene ring substituents is 1. The summed E-state index contributed by atoms with van der Waals surface area (Å²) in [5, 5.41) is 23.8. The summed E-state index contributed by atoms with van der Waals surface area (Å²) < 4.78 is 5.73. The average molecular weight is 372 g/mol. The predicted molar refractivity (Wildman–Crippen MR) is 106 cm³/mol. The topological polar surface area (TPSA) is 101 Å². The third-order valence-corrected chi connectivity index (χ3v) is 3.90. The van der Waals surface area contributed by atoms with Crippen LogP contribution in [-0.4, -0.2) is 11.1 Å². The highest BCUT2D eigenvalue weighted by Gasteiger charge is 2.03. The highest BCUT2D eigenvalue weighted by atomic mass is 16.6.